The number of ether oxygens (including phenoxy) is 2. The van der Waals surface area contributed by atoms with Crippen molar-refractivity contribution in [3.8, 4) is 17.6 Å². The zero-order valence-electron chi connectivity index (χ0n) is 20.7. The van der Waals surface area contributed by atoms with E-state index < -0.39 is 17.6 Å². The highest BCUT2D eigenvalue weighted by atomic mass is 127. The molecule has 4 aromatic rings. The first kappa shape index (κ1) is 28.0. The van der Waals surface area contributed by atoms with E-state index in [0.717, 1.165) is 28.5 Å². The topological polar surface area (TPSA) is 71.3 Å². The van der Waals surface area contributed by atoms with Crippen LogP contribution in [0.4, 0.5) is 18.9 Å². The molecule has 1 N–H and O–H groups in total. The van der Waals surface area contributed by atoms with Crippen molar-refractivity contribution in [1.82, 2.24) is 0 Å². The second-order valence-electron chi connectivity index (χ2n) is 8.39. The number of hydrogen-bond acceptors (Lipinski definition) is 4. The quantitative estimate of drug-likeness (QED) is 0.120. The van der Waals surface area contributed by atoms with Gasteiger partial charge in [-0.15, -0.1) is 0 Å². The summed E-state index contributed by atoms with van der Waals surface area (Å²) in [7, 11) is 0. The van der Waals surface area contributed by atoms with E-state index in [1.807, 2.05) is 55.5 Å². The van der Waals surface area contributed by atoms with Gasteiger partial charge in [0.25, 0.3) is 5.91 Å². The molecule has 0 saturated carbocycles. The van der Waals surface area contributed by atoms with Crippen molar-refractivity contribution in [2.24, 2.45) is 0 Å². The average molecular weight is 642 g/mol. The summed E-state index contributed by atoms with van der Waals surface area (Å²) in [6.45, 7) is 2.48. The van der Waals surface area contributed by atoms with Gasteiger partial charge in [-0.3, -0.25) is 4.79 Å². The number of benzene rings is 4. The molecule has 4 aromatic carbocycles. The molecule has 39 heavy (non-hydrogen) atoms. The van der Waals surface area contributed by atoms with E-state index in [2.05, 4.69) is 27.9 Å². The monoisotopic (exact) mass is 642 g/mol. The largest absolute Gasteiger partial charge is 0.490 e. The van der Waals surface area contributed by atoms with Crippen LogP contribution in [0.2, 0.25) is 0 Å². The van der Waals surface area contributed by atoms with Crippen molar-refractivity contribution in [3.63, 3.8) is 0 Å². The van der Waals surface area contributed by atoms with Crippen molar-refractivity contribution in [1.29, 1.82) is 5.26 Å². The predicted molar refractivity (Wildman–Crippen MR) is 152 cm³/mol. The van der Waals surface area contributed by atoms with Crippen LogP contribution in [-0.4, -0.2) is 12.5 Å². The summed E-state index contributed by atoms with van der Waals surface area (Å²) in [5.74, 6) is 0.127. The first-order valence-corrected chi connectivity index (χ1v) is 12.9. The SMILES string of the molecule is CCOc1cc(C=C(C#N)C(=O)Nc2cccc(C(F)(F)F)c2)cc(I)c1OCc1cccc2ccccc12. The van der Waals surface area contributed by atoms with Crippen molar-refractivity contribution in [2.45, 2.75) is 19.7 Å². The number of carbonyl (C=O) groups is 1. The summed E-state index contributed by atoms with van der Waals surface area (Å²) in [5, 5.41) is 14.1. The normalized spacial score (nSPS) is 11.6. The van der Waals surface area contributed by atoms with Crippen LogP contribution in [0.15, 0.2) is 84.4 Å². The van der Waals surface area contributed by atoms with Gasteiger partial charge in [0.05, 0.1) is 15.7 Å². The molecule has 0 bridgehead atoms. The Balaban J connectivity index is 1.58. The fraction of sp³-hybridized carbons (Fsp3) is 0.133. The number of amides is 1. The summed E-state index contributed by atoms with van der Waals surface area (Å²) in [6, 6.07) is 23.4. The van der Waals surface area contributed by atoms with Crippen LogP contribution in [0.5, 0.6) is 11.5 Å². The molecule has 0 radical (unpaired) electrons. The highest BCUT2D eigenvalue weighted by molar-refractivity contribution is 14.1. The number of carbonyl (C=O) groups excluding carboxylic acids is 1. The first-order chi connectivity index (χ1) is 18.7. The van der Waals surface area contributed by atoms with Gasteiger partial charge in [0, 0.05) is 5.69 Å². The molecule has 0 aliphatic heterocycles. The van der Waals surface area contributed by atoms with Gasteiger partial charge in [0.2, 0.25) is 0 Å². The number of rotatable bonds is 8. The Hall–Kier alpha value is -4.04. The molecule has 4 rings (SSSR count). The summed E-state index contributed by atoms with van der Waals surface area (Å²) in [4.78, 5) is 12.7. The second kappa shape index (κ2) is 12.2. The maximum atomic E-state index is 13.0. The Labute approximate surface area is 237 Å². The molecule has 0 heterocycles. The Kier molecular flexibility index (Phi) is 8.76. The average Bonchev–Trinajstić information content (AvgIpc) is 2.91. The lowest BCUT2D eigenvalue weighted by Crippen LogP contribution is -2.14. The van der Waals surface area contributed by atoms with Crippen LogP contribution in [0.1, 0.15) is 23.6 Å². The lowest BCUT2D eigenvalue weighted by atomic mass is 10.1. The molecule has 9 heteroatoms. The molecular weight excluding hydrogens is 620 g/mol. The van der Waals surface area contributed by atoms with Crippen LogP contribution in [0.3, 0.4) is 0 Å². The minimum absolute atomic E-state index is 0.0715. The third kappa shape index (κ3) is 6.89. The number of halogens is 4. The van der Waals surface area contributed by atoms with E-state index in [1.165, 1.54) is 18.2 Å². The van der Waals surface area contributed by atoms with Gasteiger partial charge < -0.3 is 14.8 Å². The Morgan fingerprint density at radius 1 is 1.03 bits per heavy atom. The van der Waals surface area contributed by atoms with Gasteiger partial charge in [-0.2, -0.15) is 18.4 Å². The third-order valence-corrected chi connectivity index (χ3v) is 6.51. The summed E-state index contributed by atoms with van der Waals surface area (Å²) >= 11 is 2.09. The lowest BCUT2D eigenvalue weighted by Gasteiger charge is -2.16. The Morgan fingerprint density at radius 2 is 1.77 bits per heavy atom. The molecule has 0 spiro atoms. The van der Waals surface area contributed by atoms with Gasteiger partial charge in [0.15, 0.2) is 11.5 Å². The number of hydrogen-bond donors (Lipinski definition) is 1. The minimum atomic E-state index is -4.56. The number of fused-ring (bicyclic) bond motifs is 1. The third-order valence-electron chi connectivity index (χ3n) is 5.71. The Bertz CT molecular complexity index is 1590. The van der Waals surface area contributed by atoms with Crippen LogP contribution in [0.25, 0.3) is 16.8 Å². The molecule has 198 valence electrons. The van der Waals surface area contributed by atoms with E-state index >= 15 is 0 Å². The van der Waals surface area contributed by atoms with E-state index in [0.29, 0.717) is 33.8 Å². The Morgan fingerprint density at radius 3 is 2.51 bits per heavy atom. The minimum Gasteiger partial charge on any atom is -0.490 e. The van der Waals surface area contributed by atoms with Gasteiger partial charge >= 0.3 is 6.18 Å². The number of nitrogens with one attached hydrogen (secondary N) is 1. The molecule has 0 aliphatic rings. The number of nitriles is 1. The smallest absolute Gasteiger partial charge is 0.416 e. The molecule has 0 fully saturated rings. The van der Waals surface area contributed by atoms with Crippen LogP contribution in [0, 0.1) is 14.9 Å². The maximum Gasteiger partial charge on any atom is 0.416 e. The maximum absolute atomic E-state index is 13.0. The van der Waals surface area contributed by atoms with Crippen LogP contribution in [-0.2, 0) is 17.6 Å². The lowest BCUT2D eigenvalue weighted by molar-refractivity contribution is -0.137. The number of nitrogens with zero attached hydrogens (tertiary/aromatic N) is 1. The molecular formula is C30H22F3IN2O3. The summed E-state index contributed by atoms with van der Waals surface area (Å²) < 4.78 is 51.7. The zero-order chi connectivity index (χ0) is 28.0. The highest BCUT2D eigenvalue weighted by Gasteiger charge is 2.30. The molecule has 1 amide bonds. The fourth-order valence-electron chi connectivity index (χ4n) is 3.93. The van der Waals surface area contributed by atoms with Gasteiger partial charge in [-0.25, -0.2) is 0 Å². The van der Waals surface area contributed by atoms with Gasteiger partial charge in [0.1, 0.15) is 18.2 Å². The number of alkyl halides is 3. The highest BCUT2D eigenvalue weighted by Crippen LogP contribution is 2.36. The molecule has 0 saturated heterocycles. The standard InChI is InChI=1S/C30H22F3IN2O3/c1-2-38-27-15-19(13-22(17-35)29(37)36-24-11-6-10-23(16-24)30(31,32)33)14-26(34)28(27)39-18-21-9-5-8-20-7-3-4-12-25(20)21/h3-16H,2,18H2,1H3,(H,36,37). The van der Waals surface area contributed by atoms with E-state index in [-0.39, 0.29) is 11.3 Å². The summed E-state index contributed by atoms with van der Waals surface area (Å²) in [6.07, 6.45) is -3.21. The zero-order valence-corrected chi connectivity index (χ0v) is 22.8. The van der Waals surface area contributed by atoms with Crippen molar-refractivity contribution < 1.29 is 27.4 Å². The van der Waals surface area contributed by atoms with E-state index in [9.17, 15) is 23.2 Å². The van der Waals surface area contributed by atoms with Crippen LogP contribution >= 0.6 is 22.6 Å². The van der Waals surface area contributed by atoms with Crippen molar-refractivity contribution in [2.75, 3.05) is 11.9 Å². The molecule has 0 unspecified atom stereocenters. The molecule has 0 aromatic heterocycles. The number of anilines is 1. The van der Waals surface area contributed by atoms with Crippen molar-refractivity contribution >= 4 is 51.0 Å². The molecule has 0 aliphatic carbocycles. The van der Waals surface area contributed by atoms with Gasteiger partial charge in [-0.05, 0) is 87.8 Å². The predicted octanol–water partition coefficient (Wildman–Crippen LogP) is 7.99. The second-order valence-corrected chi connectivity index (χ2v) is 9.55. The van der Waals surface area contributed by atoms with Gasteiger partial charge in [-0.1, -0.05) is 48.5 Å². The van der Waals surface area contributed by atoms with Crippen LogP contribution < -0.4 is 14.8 Å². The molecule has 5 nitrogen and oxygen atoms in total. The van der Waals surface area contributed by atoms with Crippen molar-refractivity contribution in [3.05, 3.63) is 105 Å². The summed E-state index contributed by atoms with van der Waals surface area (Å²) in [5.41, 5.74) is 0.245. The van der Waals surface area contributed by atoms with E-state index in [1.54, 1.807) is 12.1 Å². The first-order valence-electron chi connectivity index (χ1n) is 11.9. The fourth-order valence-corrected chi connectivity index (χ4v) is 4.71. The van der Waals surface area contributed by atoms with E-state index in [4.69, 9.17) is 9.47 Å². The molecule has 0 atom stereocenters.